The van der Waals surface area contributed by atoms with E-state index in [-0.39, 0.29) is 5.82 Å². The van der Waals surface area contributed by atoms with Crippen molar-refractivity contribution in [1.82, 2.24) is 4.98 Å². The summed E-state index contributed by atoms with van der Waals surface area (Å²) in [4.78, 5) is 18.6. The van der Waals surface area contributed by atoms with Gasteiger partial charge in [0, 0.05) is 15.9 Å². The van der Waals surface area contributed by atoms with E-state index in [9.17, 15) is 9.18 Å². The summed E-state index contributed by atoms with van der Waals surface area (Å²) in [6.45, 7) is 3.29. The van der Waals surface area contributed by atoms with Crippen molar-refractivity contribution in [3.8, 4) is 10.6 Å². The predicted molar refractivity (Wildman–Crippen MR) is 74.7 cm³/mol. The first-order chi connectivity index (χ1) is 9.45. The van der Waals surface area contributed by atoms with Crippen LogP contribution in [0.15, 0.2) is 34.8 Å². The number of carbonyl (C=O) groups is 1. The molecule has 102 valence electrons. The molecule has 0 aliphatic carbocycles. The average molecular weight is 290 g/mol. The third-order valence-corrected chi connectivity index (χ3v) is 3.80. The lowest BCUT2D eigenvalue weighted by Crippen LogP contribution is -2.27. The number of amides is 1. The molecule has 1 amide bonds. The van der Waals surface area contributed by atoms with Gasteiger partial charge < -0.3 is 0 Å². The lowest BCUT2D eigenvalue weighted by Gasteiger charge is -2.17. The summed E-state index contributed by atoms with van der Waals surface area (Å²) in [5.74, 6) is -0.902. The van der Waals surface area contributed by atoms with Crippen molar-refractivity contribution < 1.29 is 9.18 Å². The average Bonchev–Trinajstić information content (AvgIpc) is 2.90. The van der Waals surface area contributed by atoms with E-state index < -0.39 is 11.3 Å². The maximum Gasteiger partial charge on any atom is 0.230 e. The van der Waals surface area contributed by atoms with Crippen molar-refractivity contribution in [2.45, 2.75) is 19.3 Å². The molecule has 7 heteroatoms. The van der Waals surface area contributed by atoms with Crippen LogP contribution in [-0.4, -0.2) is 10.9 Å². The van der Waals surface area contributed by atoms with Gasteiger partial charge in [-0.25, -0.2) is 9.37 Å². The van der Waals surface area contributed by atoms with E-state index in [1.54, 1.807) is 31.4 Å². The molecule has 1 heterocycles. The van der Waals surface area contributed by atoms with Gasteiger partial charge in [-0.05, 0) is 48.8 Å². The van der Waals surface area contributed by atoms with E-state index in [1.165, 1.54) is 23.5 Å². The maximum atomic E-state index is 12.9. The summed E-state index contributed by atoms with van der Waals surface area (Å²) in [6.07, 6.45) is 0. The van der Waals surface area contributed by atoms with E-state index in [1.807, 2.05) is 0 Å². The zero-order chi connectivity index (χ0) is 14.8. The molecular formula is C13H11FN4OS. The van der Waals surface area contributed by atoms with E-state index >= 15 is 0 Å². The molecule has 0 saturated carbocycles. The SMILES string of the molecule is CC(C)(C(=O)N=[N+]=[N-])c1csc(-c2ccc(F)cc2)n1. The highest BCUT2D eigenvalue weighted by Crippen LogP contribution is 2.31. The Hall–Kier alpha value is -2.24. The Morgan fingerprint density at radius 3 is 2.65 bits per heavy atom. The summed E-state index contributed by atoms with van der Waals surface area (Å²) in [7, 11) is 0. The Bertz CT molecular complexity index is 687. The number of nitrogens with zero attached hydrogens (tertiary/aromatic N) is 4. The number of halogens is 1. The summed E-state index contributed by atoms with van der Waals surface area (Å²) in [5.41, 5.74) is 8.66. The van der Waals surface area contributed by atoms with Crippen LogP contribution in [0.2, 0.25) is 0 Å². The summed E-state index contributed by atoms with van der Waals surface area (Å²) in [5, 5.41) is 5.54. The first-order valence-corrected chi connectivity index (χ1v) is 6.64. The number of thiazole rings is 1. The number of aromatic nitrogens is 1. The van der Waals surface area contributed by atoms with E-state index in [0.29, 0.717) is 10.7 Å². The smallest absolute Gasteiger partial charge is 0.230 e. The minimum atomic E-state index is -0.985. The maximum absolute atomic E-state index is 12.9. The lowest BCUT2D eigenvalue weighted by molar-refractivity contribution is -0.122. The van der Waals surface area contributed by atoms with Gasteiger partial charge in [-0.3, -0.25) is 4.79 Å². The monoisotopic (exact) mass is 290 g/mol. The first-order valence-electron chi connectivity index (χ1n) is 5.76. The lowest BCUT2D eigenvalue weighted by atomic mass is 9.89. The second-order valence-electron chi connectivity index (χ2n) is 4.66. The van der Waals surface area contributed by atoms with Gasteiger partial charge in [0.05, 0.1) is 11.1 Å². The van der Waals surface area contributed by atoms with Crippen LogP contribution in [0.4, 0.5) is 4.39 Å². The molecule has 0 spiro atoms. The van der Waals surface area contributed by atoms with Crippen molar-refractivity contribution in [3.63, 3.8) is 0 Å². The molecule has 0 aliphatic heterocycles. The summed E-state index contributed by atoms with van der Waals surface area (Å²) >= 11 is 1.35. The third kappa shape index (κ3) is 2.68. The van der Waals surface area contributed by atoms with Gasteiger partial charge in [-0.2, -0.15) is 0 Å². The number of carbonyl (C=O) groups excluding carboxylic acids is 1. The second kappa shape index (κ2) is 5.40. The fourth-order valence-corrected chi connectivity index (χ4v) is 2.55. The van der Waals surface area contributed by atoms with E-state index in [2.05, 4.69) is 15.0 Å². The molecule has 1 aromatic heterocycles. The van der Waals surface area contributed by atoms with Gasteiger partial charge in [-0.1, -0.05) is 0 Å². The van der Waals surface area contributed by atoms with Crippen molar-refractivity contribution in [1.29, 1.82) is 0 Å². The van der Waals surface area contributed by atoms with Crippen LogP contribution < -0.4 is 0 Å². The quantitative estimate of drug-likeness (QED) is 0.485. The molecule has 1 aromatic carbocycles. The molecule has 0 aliphatic rings. The number of hydrogen-bond donors (Lipinski definition) is 0. The molecule has 0 fully saturated rings. The summed E-state index contributed by atoms with van der Waals surface area (Å²) in [6, 6.07) is 5.96. The van der Waals surface area contributed by atoms with Crippen molar-refractivity contribution in [2.24, 2.45) is 5.11 Å². The Kier molecular flexibility index (Phi) is 3.83. The van der Waals surface area contributed by atoms with Gasteiger partial charge in [-0.15, -0.1) is 11.3 Å². The Balaban J connectivity index is 2.35. The zero-order valence-electron chi connectivity index (χ0n) is 10.9. The minimum absolute atomic E-state index is 0.315. The van der Waals surface area contributed by atoms with Gasteiger partial charge >= 0.3 is 0 Å². The topological polar surface area (TPSA) is 78.7 Å². The molecular weight excluding hydrogens is 279 g/mol. The normalized spacial score (nSPS) is 10.9. The molecule has 2 rings (SSSR count). The van der Waals surface area contributed by atoms with Crippen molar-refractivity contribution in [3.05, 3.63) is 51.6 Å². The summed E-state index contributed by atoms with van der Waals surface area (Å²) < 4.78 is 12.9. The van der Waals surface area contributed by atoms with E-state index in [0.717, 1.165) is 5.56 Å². The standard InChI is InChI=1S/C13H11FN4OS/c1-13(2,12(19)17-18-15)10-7-20-11(16-10)8-3-5-9(14)6-4-8/h3-7H,1-2H3. The molecule has 0 saturated heterocycles. The Morgan fingerprint density at radius 1 is 1.40 bits per heavy atom. The zero-order valence-corrected chi connectivity index (χ0v) is 11.7. The van der Waals surface area contributed by atoms with Crippen LogP contribution in [-0.2, 0) is 10.2 Å². The van der Waals surface area contributed by atoms with Crippen LogP contribution in [0.3, 0.4) is 0 Å². The predicted octanol–water partition coefficient (Wildman–Crippen LogP) is 4.06. The highest BCUT2D eigenvalue weighted by Gasteiger charge is 2.31. The van der Waals surface area contributed by atoms with Crippen molar-refractivity contribution in [2.75, 3.05) is 0 Å². The molecule has 20 heavy (non-hydrogen) atoms. The molecule has 0 bridgehead atoms. The van der Waals surface area contributed by atoms with Gasteiger partial charge in [0.15, 0.2) is 0 Å². The van der Waals surface area contributed by atoms with Gasteiger partial charge in [0.2, 0.25) is 5.91 Å². The van der Waals surface area contributed by atoms with Crippen LogP contribution in [0.1, 0.15) is 19.5 Å². The second-order valence-corrected chi connectivity index (χ2v) is 5.52. The van der Waals surface area contributed by atoms with Gasteiger partial charge in [0.25, 0.3) is 0 Å². The molecule has 0 radical (unpaired) electrons. The molecule has 0 N–H and O–H groups in total. The third-order valence-electron chi connectivity index (χ3n) is 2.91. The molecule has 2 aromatic rings. The fourth-order valence-electron chi connectivity index (χ4n) is 1.56. The van der Waals surface area contributed by atoms with Gasteiger partial charge in [0.1, 0.15) is 10.8 Å². The Morgan fingerprint density at radius 2 is 2.05 bits per heavy atom. The van der Waals surface area contributed by atoms with Crippen LogP contribution in [0, 0.1) is 5.82 Å². The van der Waals surface area contributed by atoms with Crippen LogP contribution in [0.25, 0.3) is 21.0 Å². The van der Waals surface area contributed by atoms with E-state index in [4.69, 9.17) is 5.53 Å². The highest BCUT2D eigenvalue weighted by molar-refractivity contribution is 7.13. The fraction of sp³-hybridized carbons (Fsp3) is 0.231. The first kappa shape index (κ1) is 14.2. The molecule has 0 atom stereocenters. The number of azide groups is 1. The van der Waals surface area contributed by atoms with Crippen molar-refractivity contribution >= 4 is 17.2 Å². The highest BCUT2D eigenvalue weighted by atomic mass is 32.1. The number of hydrogen-bond acceptors (Lipinski definition) is 3. The Labute approximate surface area is 118 Å². The molecule has 0 unspecified atom stereocenters. The largest absolute Gasteiger partial charge is 0.292 e. The minimum Gasteiger partial charge on any atom is -0.292 e. The van der Waals surface area contributed by atoms with Crippen LogP contribution in [0.5, 0.6) is 0 Å². The molecule has 5 nitrogen and oxygen atoms in total. The van der Waals surface area contributed by atoms with Crippen LogP contribution >= 0.6 is 11.3 Å². The number of benzene rings is 1. The number of rotatable bonds is 3.